The Morgan fingerprint density at radius 1 is 1.29 bits per heavy atom. The average molecular weight is 305 g/mol. The lowest BCUT2D eigenvalue weighted by Gasteiger charge is -2.28. The van der Waals surface area contributed by atoms with Gasteiger partial charge in [-0.25, -0.2) is 4.79 Å². The summed E-state index contributed by atoms with van der Waals surface area (Å²) in [7, 11) is 0. The molecule has 0 heterocycles. The van der Waals surface area contributed by atoms with E-state index >= 15 is 0 Å². The second-order valence-electron chi connectivity index (χ2n) is 4.81. The van der Waals surface area contributed by atoms with Gasteiger partial charge in [-0.05, 0) is 32.9 Å². The van der Waals surface area contributed by atoms with Gasteiger partial charge in [0.1, 0.15) is 0 Å². The van der Waals surface area contributed by atoms with Crippen LogP contribution in [0.2, 0.25) is 0 Å². The summed E-state index contributed by atoms with van der Waals surface area (Å²) in [4.78, 5) is 11.6. The Hall–Kier alpha value is -1.76. The molecular weight excluding hydrogens is 287 g/mol. The van der Waals surface area contributed by atoms with E-state index in [4.69, 9.17) is 0 Å². The van der Waals surface area contributed by atoms with Gasteiger partial charge in [-0.1, -0.05) is 12.1 Å². The molecule has 0 aliphatic carbocycles. The van der Waals surface area contributed by atoms with Crippen LogP contribution in [0.1, 0.15) is 26.3 Å². The van der Waals surface area contributed by atoms with Crippen LogP contribution in [0.5, 0.6) is 0 Å². The van der Waals surface area contributed by atoms with Gasteiger partial charge in [0.25, 0.3) is 5.60 Å². The number of carbonyl (C=O) groups excluding carboxylic acids is 1. The first kappa shape index (κ1) is 17.3. The van der Waals surface area contributed by atoms with E-state index in [0.717, 1.165) is 12.1 Å². The minimum Gasteiger partial charge on any atom is -0.463 e. The Morgan fingerprint density at radius 3 is 2.19 bits per heavy atom. The van der Waals surface area contributed by atoms with Gasteiger partial charge in [-0.3, -0.25) is 0 Å². The number of esters is 1. The Kier molecular flexibility index (Phi) is 5.22. The van der Waals surface area contributed by atoms with Crippen LogP contribution in [-0.4, -0.2) is 29.9 Å². The number of benzene rings is 1. The van der Waals surface area contributed by atoms with Crippen molar-refractivity contribution >= 4 is 11.7 Å². The van der Waals surface area contributed by atoms with Crippen molar-refractivity contribution in [3.8, 4) is 0 Å². The normalized spacial score (nSPS) is 14.7. The van der Waals surface area contributed by atoms with E-state index in [1.165, 1.54) is 19.1 Å². The summed E-state index contributed by atoms with van der Waals surface area (Å²) in [5.41, 5.74) is -3.66. The van der Waals surface area contributed by atoms with Crippen molar-refractivity contribution in [1.29, 1.82) is 0 Å². The summed E-state index contributed by atoms with van der Waals surface area (Å²) in [6, 6.07) is 4.93. The summed E-state index contributed by atoms with van der Waals surface area (Å²) in [6.07, 6.45) is -5.17. The van der Waals surface area contributed by atoms with Gasteiger partial charge in [0.15, 0.2) is 0 Å². The lowest BCUT2D eigenvalue weighted by molar-refractivity contribution is -0.267. The highest BCUT2D eigenvalue weighted by molar-refractivity contribution is 5.82. The Balaban J connectivity index is 3.19. The number of hydrogen-bond acceptors (Lipinski definition) is 4. The first-order chi connectivity index (χ1) is 9.62. The third-order valence-corrected chi connectivity index (χ3v) is 2.74. The van der Waals surface area contributed by atoms with Crippen LogP contribution in [-0.2, 0) is 15.1 Å². The number of anilines is 1. The molecule has 0 spiro atoms. The second-order valence-corrected chi connectivity index (χ2v) is 4.81. The van der Waals surface area contributed by atoms with Crippen molar-refractivity contribution in [2.75, 3.05) is 11.9 Å². The van der Waals surface area contributed by atoms with Crippen LogP contribution in [0.15, 0.2) is 24.3 Å². The highest BCUT2D eigenvalue weighted by Crippen LogP contribution is 2.40. The zero-order valence-corrected chi connectivity index (χ0v) is 12.0. The molecule has 4 nitrogen and oxygen atoms in total. The van der Waals surface area contributed by atoms with Crippen LogP contribution in [0, 0.1) is 0 Å². The lowest BCUT2D eigenvalue weighted by Crippen LogP contribution is -2.50. The second kappa shape index (κ2) is 6.34. The van der Waals surface area contributed by atoms with E-state index in [2.05, 4.69) is 10.1 Å². The molecule has 1 atom stereocenters. The van der Waals surface area contributed by atoms with Crippen molar-refractivity contribution < 1.29 is 27.8 Å². The van der Waals surface area contributed by atoms with Gasteiger partial charge in [-0.15, -0.1) is 0 Å². The Bertz CT molecular complexity index is 485. The van der Waals surface area contributed by atoms with E-state index in [-0.39, 0.29) is 12.6 Å². The number of hydrogen-bond donors (Lipinski definition) is 2. The summed E-state index contributed by atoms with van der Waals surface area (Å²) in [6.45, 7) is 4.85. The maximum absolute atomic E-state index is 13.1. The highest BCUT2D eigenvalue weighted by atomic mass is 19.4. The molecular formula is C14H18F3NO3. The van der Waals surface area contributed by atoms with Crippen LogP contribution >= 0.6 is 0 Å². The molecule has 0 aliphatic rings. The maximum atomic E-state index is 13.1. The van der Waals surface area contributed by atoms with Gasteiger partial charge < -0.3 is 15.2 Å². The van der Waals surface area contributed by atoms with E-state index in [1.807, 2.05) is 13.8 Å². The van der Waals surface area contributed by atoms with Gasteiger partial charge in [0, 0.05) is 17.3 Å². The monoisotopic (exact) mass is 305 g/mol. The number of alkyl halides is 3. The van der Waals surface area contributed by atoms with Crippen LogP contribution in [0.4, 0.5) is 18.9 Å². The fraction of sp³-hybridized carbons (Fsp3) is 0.500. The predicted molar refractivity (Wildman–Crippen MR) is 71.8 cm³/mol. The van der Waals surface area contributed by atoms with Gasteiger partial charge in [-0.2, -0.15) is 13.2 Å². The molecule has 1 aromatic rings. The number of halogens is 3. The first-order valence-corrected chi connectivity index (χ1v) is 6.46. The zero-order valence-electron chi connectivity index (χ0n) is 12.0. The van der Waals surface area contributed by atoms with Crippen LogP contribution in [0.3, 0.4) is 0 Å². The maximum Gasteiger partial charge on any atom is 0.432 e. The molecule has 1 aromatic carbocycles. The lowest BCUT2D eigenvalue weighted by atomic mass is 9.93. The smallest absolute Gasteiger partial charge is 0.432 e. The molecule has 7 heteroatoms. The average Bonchev–Trinajstić information content (AvgIpc) is 2.36. The number of ether oxygens (including phenoxy) is 1. The number of carbonyl (C=O) groups is 1. The Labute approximate surface area is 120 Å². The molecule has 0 aromatic heterocycles. The molecule has 2 N–H and O–H groups in total. The van der Waals surface area contributed by atoms with Gasteiger partial charge in [0.2, 0.25) is 0 Å². The molecule has 0 aliphatic heterocycles. The largest absolute Gasteiger partial charge is 0.463 e. The summed E-state index contributed by atoms with van der Waals surface area (Å²) in [5, 5.41) is 12.9. The fourth-order valence-corrected chi connectivity index (χ4v) is 1.77. The van der Waals surface area contributed by atoms with Crippen molar-refractivity contribution in [3.05, 3.63) is 29.8 Å². The Morgan fingerprint density at radius 2 is 1.81 bits per heavy atom. The molecule has 21 heavy (non-hydrogen) atoms. The number of nitrogens with one attached hydrogen (secondary N) is 1. The topological polar surface area (TPSA) is 58.6 Å². The van der Waals surface area contributed by atoms with Crippen molar-refractivity contribution in [2.24, 2.45) is 0 Å². The summed E-state index contributed by atoms with van der Waals surface area (Å²) in [5.74, 6) is -1.73. The van der Waals surface area contributed by atoms with Crippen molar-refractivity contribution in [2.45, 2.75) is 38.6 Å². The van der Waals surface area contributed by atoms with Crippen molar-refractivity contribution in [1.82, 2.24) is 0 Å². The number of aliphatic hydroxyl groups is 1. The van der Waals surface area contributed by atoms with Crippen LogP contribution < -0.4 is 5.32 Å². The van der Waals surface area contributed by atoms with Crippen LogP contribution in [0.25, 0.3) is 0 Å². The molecule has 0 radical (unpaired) electrons. The molecule has 0 saturated carbocycles. The molecule has 118 valence electrons. The van der Waals surface area contributed by atoms with E-state index in [9.17, 15) is 23.1 Å². The zero-order chi connectivity index (χ0) is 16.3. The summed E-state index contributed by atoms with van der Waals surface area (Å²) < 4.78 is 43.7. The molecule has 0 saturated heterocycles. The quantitative estimate of drug-likeness (QED) is 0.821. The third-order valence-electron chi connectivity index (χ3n) is 2.74. The molecule has 1 rings (SSSR count). The summed E-state index contributed by atoms with van der Waals surface area (Å²) >= 11 is 0. The predicted octanol–water partition coefficient (Wildman–Crippen LogP) is 2.82. The molecule has 0 amide bonds. The minimum absolute atomic E-state index is 0.0995. The van der Waals surface area contributed by atoms with Gasteiger partial charge >= 0.3 is 12.1 Å². The SMILES string of the molecule is CCOC(=O)[C@](O)(c1ccc(NC(C)C)cc1)C(F)(F)F. The third kappa shape index (κ3) is 3.66. The van der Waals surface area contributed by atoms with E-state index < -0.39 is 23.3 Å². The number of rotatable bonds is 5. The van der Waals surface area contributed by atoms with E-state index in [0.29, 0.717) is 5.69 Å². The highest BCUT2D eigenvalue weighted by Gasteiger charge is 2.62. The molecule has 0 unspecified atom stereocenters. The standard InChI is InChI=1S/C14H18F3NO3/c1-4-21-12(19)13(20,14(15,16)17)10-5-7-11(8-6-10)18-9(2)3/h5-9,18,20H,4H2,1-3H3/t13-/m1/s1. The van der Waals surface area contributed by atoms with E-state index in [1.54, 1.807) is 0 Å². The molecule has 0 bridgehead atoms. The minimum atomic E-state index is -5.17. The first-order valence-electron chi connectivity index (χ1n) is 6.46. The fourth-order valence-electron chi connectivity index (χ4n) is 1.77. The van der Waals surface area contributed by atoms with Crippen molar-refractivity contribution in [3.63, 3.8) is 0 Å². The van der Waals surface area contributed by atoms with Gasteiger partial charge in [0.05, 0.1) is 6.61 Å². The molecule has 0 fully saturated rings.